The van der Waals surface area contributed by atoms with Gasteiger partial charge in [-0.05, 0) is 53.7 Å². The number of likely N-dealkylation sites (tertiary alicyclic amines) is 1. The highest BCUT2D eigenvalue weighted by Crippen LogP contribution is 2.36. The van der Waals surface area contributed by atoms with Crippen molar-refractivity contribution in [3.05, 3.63) is 70.2 Å². The largest absolute Gasteiger partial charge is 0.343 e. The fraction of sp³-hybridized carbons (Fsp3) is 0.400. The molecule has 5 rings (SSSR count). The maximum Gasteiger partial charge on any atom is 0.224 e. The molecule has 2 fully saturated rings. The normalized spacial score (nSPS) is 21.8. The first-order valence-electron chi connectivity index (χ1n) is 13.9. The molecule has 210 valence electrons. The van der Waals surface area contributed by atoms with Crippen LogP contribution in [0.4, 0.5) is 0 Å². The first kappa shape index (κ1) is 28.2. The van der Waals surface area contributed by atoms with Gasteiger partial charge in [0.05, 0.1) is 28.3 Å². The predicted molar refractivity (Wildman–Crippen MR) is 160 cm³/mol. The molecule has 0 spiro atoms. The van der Waals surface area contributed by atoms with Crippen molar-refractivity contribution in [3.63, 3.8) is 0 Å². The van der Waals surface area contributed by atoms with Crippen molar-refractivity contribution in [1.29, 1.82) is 0 Å². The number of hydrogen-bond acceptors (Lipinski definition) is 7. The van der Waals surface area contributed by atoms with Crippen LogP contribution >= 0.6 is 15.9 Å². The predicted octanol–water partition coefficient (Wildman–Crippen LogP) is 4.15. The van der Waals surface area contributed by atoms with E-state index in [1.165, 1.54) is 0 Å². The maximum absolute atomic E-state index is 12.9. The molecule has 1 atom stereocenters. The lowest BCUT2D eigenvalue weighted by atomic mass is 9.89. The molecule has 1 aromatic carbocycles. The van der Waals surface area contributed by atoms with Gasteiger partial charge in [-0.25, -0.2) is 10.8 Å². The summed E-state index contributed by atoms with van der Waals surface area (Å²) in [6, 6.07) is 14.1. The molecule has 0 aliphatic carbocycles. The second kappa shape index (κ2) is 12.4. The van der Waals surface area contributed by atoms with E-state index in [-0.39, 0.29) is 23.8 Å². The summed E-state index contributed by atoms with van der Waals surface area (Å²) in [5.41, 5.74) is 5.87. The van der Waals surface area contributed by atoms with E-state index in [4.69, 9.17) is 15.8 Å². The molecule has 0 bridgehead atoms. The van der Waals surface area contributed by atoms with Crippen LogP contribution in [0.25, 0.3) is 16.8 Å². The zero-order chi connectivity index (χ0) is 28.2. The van der Waals surface area contributed by atoms with Gasteiger partial charge in [0.1, 0.15) is 0 Å². The Morgan fingerprint density at radius 2 is 1.90 bits per heavy atom. The number of piperidine rings is 1. The molecule has 4 heterocycles. The van der Waals surface area contributed by atoms with Crippen LogP contribution < -0.4 is 16.5 Å². The molecular formula is C30H36BrN7O2. The zero-order valence-corrected chi connectivity index (χ0v) is 24.6. The molecule has 10 heteroatoms. The van der Waals surface area contributed by atoms with Crippen molar-refractivity contribution in [3.8, 4) is 11.3 Å². The zero-order valence-electron chi connectivity index (χ0n) is 23.0. The van der Waals surface area contributed by atoms with Gasteiger partial charge in [0.2, 0.25) is 11.8 Å². The molecule has 1 unspecified atom stereocenters. The highest BCUT2D eigenvalue weighted by Gasteiger charge is 2.33. The van der Waals surface area contributed by atoms with Crippen LogP contribution in [0.3, 0.4) is 0 Å². The number of hydrogen-bond donors (Lipinski definition) is 3. The van der Waals surface area contributed by atoms with Crippen LogP contribution in [-0.2, 0) is 9.59 Å². The van der Waals surface area contributed by atoms with Gasteiger partial charge in [0, 0.05) is 55.2 Å². The van der Waals surface area contributed by atoms with Crippen molar-refractivity contribution in [2.24, 2.45) is 16.8 Å². The summed E-state index contributed by atoms with van der Waals surface area (Å²) in [5, 5.41) is 7.62. The Kier molecular flexibility index (Phi) is 8.78. The van der Waals surface area contributed by atoms with Crippen LogP contribution in [0, 0.1) is 5.92 Å². The van der Waals surface area contributed by atoms with E-state index >= 15 is 0 Å². The van der Waals surface area contributed by atoms with Gasteiger partial charge in [-0.3, -0.25) is 24.9 Å². The highest BCUT2D eigenvalue weighted by molar-refractivity contribution is 9.12. The second-order valence-corrected chi connectivity index (χ2v) is 11.3. The van der Waals surface area contributed by atoms with E-state index in [9.17, 15) is 9.59 Å². The third-order valence-corrected chi connectivity index (χ3v) is 8.79. The summed E-state index contributed by atoms with van der Waals surface area (Å²) in [4.78, 5) is 36.3. The summed E-state index contributed by atoms with van der Waals surface area (Å²) < 4.78 is 0.939. The molecule has 3 aliphatic heterocycles. The Bertz CT molecular complexity index is 1350. The summed E-state index contributed by atoms with van der Waals surface area (Å²) >= 11 is 3.81. The van der Waals surface area contributed by atoms with Crippen LogP contribution in [-0.4, -0.2) is 58.2 Å². The average Bonchev–Trinajstić information content (AvgIpc) is 2.98. The first-order valence-corrected chi connectivity index (χ1v) is 14.7. The minimum atomic E-state index is -0.103. The van der Waals surface area contributed by atoms with Gasteiger partial charge in [0.25, 0.3) is 0 Å². The molecule has 0 radical (unpaired) electrons. The molecule has 3 aliphatic rings. The highest BCUT2D eigenvalue weighted by atomic mass is 79.9. The number of amides is 2. The fourth-order valence-corrected chi connectivity index (χ4v) is 6.42. The smallest absolute Gasteiger partial charge is 0.224 e. The molecular weight excluding hydrogens is 570 g/mol. The van der Waals surface area contributed by atoms with E-state index in [1.807, 2.05) is 54.4 Å². The van der Waals surface area contributed by atoms with E-state index in [1.54, 1.807) is 5.01 Å². The van der Waals surface area contributed by atoms with Crippen molar-refractivity contribution >= 4 is 39.0 Å². The molecule has 2 aromatic rings. The number of benzene rings is 1. The van der Waals surface area contributed by atoms with Crippen molar-refractivity contribution in [2.45, 2.75) is 52.0 Å². The van der Waals surface area contributed by atoms with Gasteiger partial charge in [-0.1, -0.05) is 43.3 Å². The van der Waals surface area contributed by atoms with E-state index in [0.29, 0.717) is 38.4 Å². The number of aromatic nitrogens is 1. The Balaban J connectivity index is 1.33. The summed E-state index contributed by atoms with van der Waals surface area (Å²) in [6.45, 7) is 5.86. The Morgan fingerprint density at radius 1 is 1.15 bits per heavy atom. The molecule has 1 aromatic heterocycles. The third-order valence-electron chi connectivity index (χ3n) is 7.92. The SMILES string of the molecule is CCC1=C(Br)C(C2CCN(C(=O)CC3CC(=O)NCN3)CC2)=NC(=C(C)c2ccc(-c3ccccc3)nc2)N1N. The van der Waals surface area contributed by atoms with Crippen LogP contribution in [0.5, 0.6) is 0 Å². The lowest BCUT2D eigenvalue weighted by molar-refractivity contribution is -0.133. The van der Waals surface area contributed by atoms with Gasteiger partial charge in [-0.2, -0.15) is 0 Å². The number of pyridine rings is 1. The number of nitrogens with zero attached hydrogens (tertiary/aromatic N) is 4. The summed E-state index contributed by atoms with van der Waals surface area (Å²) in [7, 11) is 0. The maximum atomic E-state index is 12.9. The number of nitrogens with two attached hydrogens (primary N) is 1. The lowest BCUT2D eigenvalue weighted by Crippen LogP contribution is -2.50. The van der Waals surface area contributed by atoms with E-state index in [2.05, 4.69) is 39.6 Å². The Hall–Kier alpha value is -3.34. The van der Waals surface area contributed by atoms with Crippen LogP contribution in [0.2, 0.25) is 0 Å². The monoisotopic (exact) mass is 605 g/mol. The second-order valence-electron chi connectivity index (χ2n) is 10.5. The van der Waals surface area contributed by atoms with Gasteiger partial charge < -0.3 is 10.2 Å². The number of hydrazine groups is 1. The standard InChI is InChI=1S/C30H36BrN7O2/c1-3-25-28(31)29(21-11-13-37(14-12-21)27(40)16-23-15-26(39)35-18-34-23)36-30(38(25)32)19(2)22-9-10-24(33-17-22)20-7-5-4-6-8-20/h4-10,17,21,23,34H,3,11-16,18,32H2,1-2H3,(H,35,39). The molecule has 40 heavy (non-hydrogen) atoms. The quantitative estimate of drug-likeness (QED) is 0.426. The molecule has 2 saturated heterocycles. The van der Waals surface area contributed by atoms with E-state index < -0.39 is 0 Å². The first-order chi connectivity index (χ1) is 19.4. The van der Waals surface area contributed by atoms with Crippen molar-refractivity contribution in [1.82, 2.24) is 25.5 Å². The molecule has 0 saturated carbocycles. The summed E-state index contributed by atoms with van der Waals surface area (Å²) in [5.74, 6) is 7.61. The fourth-order valence-electron chi connectivity index (χ4n) is 5.53. The number of rotatable bonds is 6. The molecule has 4 N–H and O–H groups in total. The topological polar surface area (TPSA) is 116 Å². The third kappa shape index (κ3) is 6.04. The number of carbonyl (C=O) groups is 2. The minimum Gasteiger partial charge on any atom is -0.343 e. The van der Waals surface area contributed by atoms with Gasteiger partial charge >= 0.3 is 0 Å². The van der Waals surface area contributed by atoms with Crippen molar-refractivity contribution < 1.29 is 9.59 Å². The number of nitrogens with one attached hydrogen (secondary N) is 2. The van der Waals surface area contributed by atoms with Crippen LogP contribution in [0.1, 0.15) is 51.5 Å². The number of halogens is 1. The number of allylic oxidation sites excluding steroid dienone is 3. The molecule has 9 nitrogen and oxygen atoms in total. The Labute approximate surface area is 243 Å². The molecule has 2 amide bonds. The van der Waals surface area contributed by atoms with Gasteiger partial charge in [-0.15, -0.1) is 0 Å². The number of carbonyl (C=O) groups excluding carboxylic acids is 2. The summed E-state index contributed by atoms with van der Waals surface area (Å²) in [6.07, 6.45) is 4.94. The van der Waals surface area contributed by atoms with Crippen LogP contribution in [0.15, 0.2) is 69.7 Å². The average molecular weight is 607 g/mol. The lowest BCUT2D eigenvalue weighted by Gasteiger charge is -2.37. The van der Waals surface area contributed by atoms with Crippen molar-refractivity contribution in [2.75, 3.05) is 19.8 Å². The minimum absolute atomic E-state index is 0.00930. The van der Waals surface area contributed by atoms with E-state index in [0.717, 1.165) is 57.5 Å². The Morgan fingerprint density at radius 3 is 2.55 bits per heavy atom. The van der Waals surface area contributed by atoms with Gasteiger partial charge in [0.15, 0.2) is 5.82 Å². The number of aliphatic imine (C=N–C) groups is 1.